The zero-order valence-corrected chi connectivity index (χ0v) is 22.2. The quantitative estimate of drug-likeness (QED) is 0.201. The summed E-state index contributed by atoms with van der Waals surface area (Å²) >= 11 is 0. The van der Waals surface area contributed by atoms with E-state index in [1.54, 1.807) is 25.1 Å². The maximum Gasteiger partial charge on any atom is 0.331 e. The SMILES string of the molecule is COc1cc(C)c2c(=O)cc(C[C@@H](C)O)oc2c1[C@@H]1O[C@H](CO)[C@@H](O)[C@H](O)[C@H]1OC(=O)C=Cc1ccc(O)cc1. The first-order chi connectivity index (χ1) is 19.0. The number of hydrogen-bond donors (Lipinski definition) is 5. The van der Waals surface area contributed by atoms with Gasteiger partial charge in [-0.1, -0.05) is 12.1 Å². The highest BCUT2D eigenvalue weighted by atomic mass is 16.6. The Morgan fingerprint density at radius 2 is 1.85 bits per heavy atom. The summed E-state index contributed by atoms with van der Waals surface area (Å²) in [7, 11) is 1.38. The van der Waals surface area contributed by atoms with Crippen LogP contribution >= 0.6 is 0 Å². The summed E-state index contributed by atoms with van der Waals surface area (Å²) in [5.74, 6) is -0.456. The van der Waals surface area contributed by atoms with Crippen LogP contribution in [0.5, 0.6) is 11.5 Å². The summed E-state index contributed by atoms with van der Waals surface area (Å²) in [5.41, 5.74) is 0.876. The van der Waals surface area contributed by atoms with Gasteiger partial charge in [-0.05, 0) is 49.2 Å². The number of aromatic hydroxyl groups is 1. The monoisotopic (exact) mass is 556 g/mol. The highest BCUT2D eigenvalue weighted by Crippen LogP contribution is 2.43. The standard InChI is InChI=1S/C29H32O11/c1-14-10-20(37-3)24(27-23(14)19(33)12-18(38-27)11-15(2)31)28-29(26(36)25(35)21(13-30)39-28)40-22(34)9-6-16-4-7-17(32)8-5-16/h4-10,12,15,21,25-26,28-32,35-36H,11,13H2,1-3H3/t15-,21-,25-,26+,28+,29-/m1/s1. The third kappa shape index (κ3) is 6.03. The number of hydrogen-bond acceptors (Lipinski definition) is 11. The number of rotatable bonds is 8. The number of aliphatic hydroxyl groups is 4. The van der Waals surface area contributed by atoms with E-state index in [4.69, 9.17) is 18.6 Å². The third-order valence-electron chi connectivity index (χ3n) is 6.68. The average Bonchev–Trinajstić information content (AvgIpc) is 2.90. The second-order valence-corrected chi connectivity index (χ2v) is 9.73. The van der Waals surface area contributed by atoms with Crippen LogP contribution in [0.15, 0.2) is 51.7 Å². The Labute approximate surface area is 229 Å². The molecule has 1 fully saturated rings. The van der Waals surface area contributed by atoms with Crippen LogP contribution in [0.1, 0.15) is 35.5 Å². The molecule has 0 unspecified atom stereocenters. The molecular weight excluding hydrogens is 524 g/mol. The number of benzene rings is 2. The molecule has 2 aromatic carbocycles. The minimum Gasteiger partial charge on any atom is -0.508 e. The van der Waals surface area contributed by atoms with Gasteiger partial charge in [0.2, 0.25) is 0 Å². The molecule has 40 heavy (non-hydrogen) atoms. The molecule has 0 bridgehead atoms. The number of aryl methyl sites for hydroxylation is 1. The van der Waals surface area contributed by atoms with Gasteiger partial charge in [-0.2, -0.15) is 0 Å². The Hall–Kier alpha value is -3.74. The minimum absolute atomic E-state index is 0.0333. The van der Waals surface area contributed by atoms with Gasteiger partial charge in [-0.25, -0.2) is 4.79 Å². The van der Waals surface area contributed by atoms with Gasteiger partial charge in [0.15, 0.2) is 11.5 Å². The molecule has 5 N–H and O–H groups in total. The van der Waals surface area contributed by atoms with Crippen LogP contribution in [0.2, 0.25) is 0 Å². The molecule has 1 aliphatic rings. The number of fused-ring (bicyclic) bond motifs is 1. The van der Waals surface area contributed by atoms with Gasteiger partial charge < -0.3 is 44.2 Å². The Morgan fingerprint density at radius 3 is 2.48 bits per heavy atom. The van der Waals surface area contributed by atoms with E-state index < -0.39 is 54.6 Å². The van der Waals surface area contributed by atoms with Crippen LogP contribution < -0.4 is 10.2 Å². The first-order valence-corrected chi connectivity index (χ1v) is 12.7. The molecule has 1 saturated heterocycles. The van der Waals surface area contributed by atoms with Crippen molar-refractivity contribution >= 4 is 23.0 Å². The first-order valence-electron chi connectivity index (χ1n) is 12.7. The van der Waals surface area contributed by atoms with Gasteiger partial charge in [0, 0.05) is 18.6 Å². The molecule has 1 aliphatic heterocycles. The number of carbonyl (C=O) groups is 1. The number of ether oxygens (including phenoxy) is 3. The Kier molecular flexibility index (Phi) is 8.92. The lowest BCUT2D eigenvalue weighted by molar-refractivity contribution is -0.239. The van der Waals surface area contributed by atoms with Gasteiger partial charge in [-0.3, -0.25) is 4.79 Å². The number of methoxy groups -OCH3 is 1. The van der Waals surface area contributed by atoms with Crippen molar-refractivity contribution in [3.8, 4) is 11.5 Å². The van der Waals surface area contributed by atoms with Crippen molar-refractivity contribution < 1.29 is 49.0 Å². The molecule has 0 spiro atoms. The van der Waals surface area contributed by atoms with E-state index >= 15 is 0 Å². The zero-order chi connectivity index (χ0) is 29.1. The molecule has 4 rings (SSSR count). The van der Waals surface area contributed by atoms with Gasteiger partial charge in [0.05, 0.1) is 30.8 Å². The fourth-order valence-electron chi connectivity index (χ4n) is 4.77. The molecule has 11 nitrogen and oxygen atoms in total. The predicted molar refractivity (Wildman–Crippen MR) is 143 cm³/mol. The maximum absolute atomic E-state index is 13.1. The summed E-state index contributed by atoms with van der Waals surface area (Å²) < 4.78 is 23.2. The van der Waals surface area contributed by atoms with Crippen molar-refractivity contribution in [1.82, 2.24) is 0 Å². The molecule has 6 atom stereocenters. The molecule has 1 aromatic heterocycles. The summed E-state index contributed by atoms with van der Waals surface area (Å²) in [5, 5.41) is 51.0. The Balaban J connectivity index is 1.83. The van der Waals surface area contributed by atoms with Crippen molar-refractivity contribution in [3.63, 3.8) is 0 Å². The highest BCUT2D eigenvalue weighted by molar-refractivity contribution is 5.88. The van der Waals surface area contributed by atoms with Crippen LogP contribution in [0, 0.1) is 6.92 Å². The van der Waals surface area contributed by atoms with Crippen LogP contribution in [0.25, 0.3) is 17.0 Å². The topological polar surface area (TPSA) is 176 Å². The molecule has 214 valence electrons. The van der Waals surface area contributed by atoms with Crippen LogP contribution in [0.4, 0.5) is 0 Å². The van der Waals surface area contributed by atoms with Gasteiger partial charge in [-0.15, -0.1) is 0 Å². The summed E-state index contributed by atoms with van der Waals surface area (Å²) in [6.07, 6.45) is -5.68. The van der Waals surface area contributed by atoms with E-state index in [0.29, 0.717) is 11.1 Å². The zero-order valence-electron chi connectivity index (χ0n) is 22.2. The van der Waals surface area contributed by atoms with E-state index in [2.05, 4.69) is 0 Å². The van der Waals surface area contributed by atoms with Crippen molar-refractivity contribution in [1.29, 1.82) is 0 Å². The van der Waals surface area contributed by atoms with E-state index in [0.717, 1.165) is 6.08 Å². The third-order valence-corrected chi connectivity index (χ3v) is 6.68. The molecule has 11 heteroatoms. The number of aliphatic hydroxyl groups excluding tert-OH is 4. The molecule has 0 amide bonds. The fraction of sp³-hybridized carbons (Fsp3) is 0.379. The Morgan fingerprint density at radius 1 is 1.15 bits per heavy atom. The lowest BCUT2D eigenvalue weighted by Gasteiger charge is -2.42. The molecule has 3 aromatic rings. The Bertz CT molecular complexity index is 1440. The lowest BCUT2D eigenvalue weighted by Crippen LogP contribution is -2.56. The van der Waals surface area contributed by atoms with E-state index in [9.17, 15) is 35.1 Å². The number of carbonyl (C=O) groups excluding carboxylic acids is 1. The second-order valence-electron chi connectivity index (χ2n) is 9.73. The average molecular weight is 557 g/mol. The molecule has 2 heterocycles. The summed E-state index contributed by atoms with van der Waals surface area (Å²) in [6.45, 7) is 2.55. The van der Waals surface area contributed by atoms with Crippen LogP contribution in [-0.2, 0) is 20.7 Å². The van der Waals surface area contributed by atoms with Crippen molar-refractivity contribution in [2.24, 2.45) is 0 Å². The van der Waals surface area contributed by atoms with Crippen LogP contribution in [-0.4, -0.2) is 75.7 Å². The number of phenolic OH excluding ortho intramolecular Hbond substituents is 1. The van der Waals surface area contributed by atoms with Crippen molar-refractivity contribution in [2.75, 3.05) is 13.7 Å². The normalized spacial score (nSPS) is 23.8. The first kappa shape index (κ1) is 29.2. The van der Waals surface area contributed by atoms with E-state index in [1.165, 1.54) is 38.3 Å². The number of esters is 1. The summed E-state index contributed by atoms with van der Waals surface area (Å²) in [6, 6.07) is 8.89. The lowest BCUT2D eigenvalue weighted by atomic mass is 9.89. The molecule has 0 radical (unpaired) electrons. The maximum atomic E-state index is 13.1. The molecular formula is C29H32O11. The van der Waals surface area contributed by atoms with Gasteiger partial charge in [0.25, 0.3) is 0 Å². The smallest absolute Gasteiger partial charge is 0.331 e. The summed E-state index contributed by atoms with van der Waals surface area (Å²) in [4.78, 5) is 26.0. The van der Waals surface area contributed by atoms with E-state index in [-0.39, 0.29) is 40.2 Å². The molecule has 0 saturated carbocycles. The van der Waals surface area contributed by atoms with Gasteiger partial charge >= 0.3 is 5.97 Å². The predicted octanol–water partition coefficient (Wildman–Crippen LogP) is 1.52. The minimum atomic E-state index is -1.70. The molecule has 0 aliphatic carbocycles. The number of phenols is 1. The van der Waals surface area contributed by atoms with Crippen LogP contribution in [0.3, 0.4) is 0 Å². The van der Waals surface area contributed by atoms with Gasteiger partial charge in [0.1, 0.15) is 47.3 Å². The second kappa shape index (κ2) is 12.2. The van der Waals surface area contributed by atoms with Crippen molar-refractivity contribution in [3.05, 3.63) is 75.1 Å². The van der Waals surface area contributed by atoms with E-state index in [1.807, 2.05) is 0 Å². The fourth-order valence-corrected chi connectivity index (χ4v) is 4.77. The van der Waals surface area contributed by atoms with Crippen molar-refractivity contribution in [2.45, 2.75) is 56.9 Å². The largest absolute Gasteiger partial charge is 0.508 e. The highest BCUT2D eigenvalue weighted by Gasteiger charge is 2.49.